The number of rotatable bonds is 11. The fourth-order valence-electron chi connectivity index (χ4n) is 3.71. The molecule has 3 rings (SSSR count). The van der Waals surface area contributed by atoms with Gasteiger partial charge in [0.15, 0.2) is 23.2 Å². The average Bonchev–Trinajstić information content (AvgIpc) is 2.90. The monoisotopic (exact) mass is 610 g/mol. The Bertz CT molecular complexity index is 1500. The number of fused-ring (bicyclic) bond motifs is 1. The highest BCUT2D eigenvalue weighted by atomic mass is 19.4. The van der Waals surface area contributed by atoms with Crippen molar-refractivity contribution in [2.75, 3.05) is 16.8 Å². The number of nitrogens with two attached hydrogens (primary N) is 2. The van der Waals surface area contributed by atoms with Crippen molar-refractivity contribution in [3.8, 4) is 0 Å². The number of esters is 2. The number of benzene rings is 1. The van der Waals surface area contributed by atoms with E-state index in [0.717, 1.165) is 12.1 Å². The summed E-state index contributed by atoms with van der Waals surface area (Å²) in [6.45, 7) is 5.75. The number of alkyl halides is 4. The van der Waals surface area contributed by atoms with Crippen LogP contribution in [0.4, 0.5) is 35.0 Å². The fourth-order valence-corrected chi connectivity index (χ4v) is 3.71. The van der Waals surface area contributed by atoms with Gasteiger partial charge in [0.2, 0.25) is 5.95 Å². The van der Waals surface area contributed by atoms with Crippen molar-refractivity contribution < 1.29 is 41.4 Å². The molecule has 6 N–H and O–H groups in total. The summed E-state index contributed by atoms with van der Waals surface area (Å²) in [6.07, 6.45) is -8.13. The number of anilines is 3. The first-order chi connectivity index (χ1) is 20.0. The Hall–Kier alpha value is -4.83. The molecule has 0 bridgehead atoms. The maximum Gasteiger partial charge on any atom is 0.418 e. The van der Waals surface area contributed by atoms with Crippen molar-refractivity contribution in [2.45, 2.75) is 71.3 Å². The summed E-state index contributed by atoms with van der Waals surface area (Å²) in [5.41, 5.74) is 9.61. The van der Waals surface area contributed by atoms with E-state index in [1.807, 2.05) is 0 Å². The molecule has 232 valence electrons. The number of carbonyl (C=O) groups excluding carboxylic acids is 3. The second kappa shape index (κ2) is 13.4. The lowest BCUT2D eigenvalue weighted by molar-refractivity contribution is -0.156. The van der Waals surface area contributed by atoms with Crippen molar-refractivity contribution >= 4 is 46.5 Å². The first-order valence-corrected chi connectivity index (χ1v) is 12.9. The number of amides is 1. The van der Waals surface area contributed by atoms with Gasteiger partial charge in [-0.1, -0.05) is 0 Å². The van der Waals surface area contributed by atoms with Gasteiger partial charge in [-0.05, 0) is 45.9 Å². The second-order valence-corrected chi connectivity index (χ2v) is 9.81. The number of nitrogens with zero attached hydrogens (tertiary/aromatic N) is 4. The number of ether oxygens (including phenoxy) is 2. The number of halogens is 4. The minimum absolute atomic E-state index is 0.0605. The zero-order valence-corrected chi connectivity index (χ0v) is 23.5. The molecular weight excluding hydrogens is 580 g/mol. The quantitative estimate of drug-likeness (QED) is 0.183. The minimum Gasteiger partial charge on any atom is -0.461 e. The highest BCUT2D eigenvalue weighted by Crippen LogP contribution is 2.36. The van der Waals surface area contributed by atoms with Gasteiger partial charge in [-0.15, -0.1) is 0 Å². The van der Waals surface area contributed by atoms with Crippen LogP contribution in [0.25, 0.3) is 11.2 Å². The third-order valence-corrected chi connectivity index (χ3v) is 5.54. The van der Waals surface area contributed by atoms with Gasteiger partial charge in [0, 0.05) is 17.7 Å². The van der Waals surface area contributed by atoms with E-state index in [-0.39, 0.29) is 35.2 Å². The smallest absolute Gasteiger partial charge is 0.418 e. The molecule has 1 aromatic carbocycles. The van der Waals surface area contributed by atoms with E-state index >= 15 is 0 Å². The lowest BCUT2D eigenvalue weighted by Crippen LogP contribution is -2.45. The van der Waals surface area contributed by atoms with Crippen LogP contribution in [0.2, 0.25) is 0 Å². The molecule has 0 aliphatic rings. The normalized spacial score (nSPS) is 13.1. The molecule has 0 saturated carbocycles. The molecular formula is C26H30F4N8O5. The third kappa shape index (κ3) is 8.83. The first-order valence-electron chi connectivity index (χ1n) is 12.9. The Kier molecular flexibility index (Phi) is 10.2. The van der Waals surface area contributed by atoms with Crippen molar-refractivity contribution in [3.05, 3.63) is 41.2 Å². The molecule has 0 spiro atoms. The number of hydrogen-bond donors (Lipinski definition) is 4. The van der Waals surface area contributed by atoms with Crippen LogP contribution in [0, 0.1) is 0 Å². The van der Waals surface area contributed by atoms with Crippen LogP contribution in [-0.4, -0.2) is 62.2 Å². The average molecular weight is 611 g/mol. The largest absolute Gasteiger partial charge is 0.461 e. The van der Waals surface area contributed by atoms with E-state index in [2.05, 4.69) is 30.6 Å². The summed E-state index contributed by atoms with van der Waals surface area (Å²) in [6, 6.07) is 0.931. The van der Waals surface area contributed by atoms with Crippen LogP contribution >= 0.6 is 0 Å². The summed E-state index contributed by atoms with van der Waals surface area (Å²) in [5.74, 6) is -3.66. The molecule has 0 aliphatic heterocycles. The summed E-state index contributed by atoms with van der Waals surface area (Å²) < 4.78 is 66.4. The number of carbonyl (C=O) groups is 3. The Balaban J connectivity index is 1.82. The van der Waals surface area contributed by atoms with Crippen LogP contribution in [0.1, 0.15) is 55.7 Å². The van der Waals surface area contributed by atoms with Gasteiger partial charge >= 0.3 is 18.1 Å². The molecule has 0 fully saturated rings. The first kappa shape index (κ1) is 32.7. The predicted molar refractivity (Wildman–Crippen MR) is 146 cm³/mol. The molecule has 3 aromatic rings. The van der Waals surface area contributed by atoms with E-state index in [9.17, 15) is 31.9 Å². The van der Waals surface area contributed by atoms with E-state index < -0.39 is 71.7 Å². The lowest BCUT2D eigenvalue weighted by Gasteiger charge is -2.21. The zero-order valence-electron chi connectivity index (χ0n) is 23.5. The summed E-state index contributed by atoms with van der Waals surface area (Å²) in [4.78, 5) is 53.3. The topological polar surface area (TPSA) is 197 Å². The molecule has 0 radical (unpaired) electrons. The molecule has 2 atom stereocenters. The standard InChI is InChI=1S/C26H30F4N8O5/c1-11(2)42-23(40)16(27)8-18(24(41)43-12(3)4)36-22(39)13-5-6-17(15(7-13)26(28,29)30)33-9-14-10-34-21-19(35-14)20(31)37-25(32)38-21/h5-7,10-12,16,18,33H,8-9H2,1-4H3,(H,36,39)(H4,31,32,34,37,38)/t16-,18-/m0/s1. The van der Waals surface area contributed by atoms with Crippen LogP contribution in [-0.2, 0) is 31.8 Å². The minimum atomic E-state index is -4.91. The van der Waals surface area contributed by atoms with Crippen molar-refractivity contribution in [2.24, 2.45) is 0 Å². The highest BCUT2D eigenvalue weighted by Gasteiger charge is 2.36. The molecule has 2 aromatic heterocycles. The highest BCUT2D eigenvalue weighted by molar-refractivity contribution is 5.97. The fraction of sp³-hybridized carbons (Fsp3) is 0.423. The van der Waals surface area contributed by atoms with Crippen molar-refractivity contribution in [3.63, 3.8) is 0 Å². The molecule has 43 heavy (non-hydrogen) atoms. The maximum atomic E-state index is 14.6. The van der Waals surface area contributed by atoms with Crippen LogP contribution < -0.4 is 22.1 Å². The van der Waals surface area contributed by atoms with Crippen LogP contribution in [0.5, 0.6) is 0 Å². The van der Waals surface area contributed by atoms with Crippen molar-refractivity contribution in [1.82, 2.24) is 25.3 Å². The van der Waals surface area contributed by atoms with E-state index in [0.29, 0.717) is 6.07 Å². The van der Waals surface area contributed by atoms with E-state index in [1.54, 1.807) is 0 Å². The van der Waals surface area contributed by atoms with Gasteiger partial charge in [0.25, 0.3) is 5.91 Å². The molecule has 0 saturated heterocycles. The number of hydrogen-bond acceptors (Lipinski definition) is 12. The Morgan fingerprint density at radius 1 is 0.977 bits per heavy atom. The van der Waals surface area contributed by atoms with Crippen LogP contribution in [0.15, 0.2) is 24.4 Å². The van der Waals surface area contributed by atoms with Crippen LogP contribution in [0.3, 0.4) is 0 Å². The van der Waals surface area contributed by atoms with Gasteiger partial charge in [0.05, 0.1) is 36.2 Å². The Labute approximate surface area is 242 Å². The van der Waals surface area contributed by atoms with Gasteiger partial charge in [0.1, 0.15) is 6.04 Å². The molecule has 2 heterocycles. The van der Waals surface area contributed by atoms with Gasteiger partial charge < -0.3 is 31.6 Å². The summed E-state index contributed by atoms with van der Waals surface area (Å²) in [5, 5.41) is 4.76. The SMILES string of the molecule is CC(C)OC(=O)[C@H](C[C@H](F)C(=O)OC(C)C)NC(=O)c1ccc(NCc2cnc3nc(N)nc(N)c3n2)c(C(F)(F)F)c1. The number of nitrogens with one attached hydrogen (secondary N) is 2. The molecule has 0 aliphatic carbocycles. The Morgan fingerprint density at radius 3 is 2.26 bits per heavy atom. The maximum absolute atomic E-state index is 14.6. The number of nitrogen functional groups attached to an aromatic ring is 2. The zero-order chi connectivity index (χ0) is 32.1. The molecule has 13 nitrogen and oxygen atoms in total. The van der Waals surface area contributed by atoms with Gasteiger partial charge in [-0.3, -0.25) is 4.79 Å². The summed E-state index contributed by atoms with van der Waals surface area (Å²) >= 11 is 0. The Morgan fingerprint density at radius 2 is 1.63 bits per heavy atom. The van der Waals surface area contributed by atoms with Crippen molar-refractivity contribution in [1.29, 1.82) is 0 Å². The van der Waals surface area contributed by atoms with Gasteiger partial charge in [-0.2, -0.15) is 23.1 Å². The lowest BCUT2D eigenvalue weighted by atomic mass is 10.1. The van der Waals surface area contributed by atoms with Gasteiger partial charge in [-0.25, -0.2) is 23.9 Å². The predicted octanol–water partition coefficient (Wildman–Crippen LogP) is 2.94. The molecule has 0 unspecified atom stereocenters. The summed E-state index contributed by atoms with van der Waals surface area (Å²) in [7, 11) is 0. The van der Waals surface area contributed by atoms with E-state index in [4.69, 9.17) is 20.9 Å². The molecule has 1 amide bonds. The third-order valence-electron chi connectivity index (χ3n) is 5.54. The molecule has 17 heteroatoms. The van der Waals surface area contributed by atoms with E-state index in [1.165, 1.54) is 33.9 Å². The number of aromatic nitrogens is 4. The second-order valence-electron chi connectivity index (χ2n) is 9.81.